The molecule has 0 amide bonds. The van der Waals surface area contributed by atoms with Crippen molar-refractivity contribution in [2.45, 2.75) is 39.3 Å². The van der Waals surface area contributed by atoms with Crippen LogP contribution in [0.15, 0.2) is 30.3 Å². The minimum absolute atomic E-state index is 0.501. The number of hydrogen-bond donors (Lipinski definition) is 1. The van der Waals surface area contributed by atoms with E-state index in [-0.39, 0.29) is 0 Å². The maximum Gasteiger partial charge on any atom is 0.0319 e. The summed E-state index contributed by atoms with van der Waals surface area (Å²) in [5.41, 5.74) is 1.39. The lowest BCUT2D eigenvalue weighted by atomic mass is 10.0. The Labute approximate surface area is 81.2 Å². The van der Waals surface area contributed by atoms with Crippen molar-refractivity contribution in [2.24, 2.45) is 0 Å². The Morgan fingerprint density at radius 1 is 1.15 bits per heavy atom. The highest BCUT2D eigenvalue weighted by Gasteiger charge is 2.08. The van der Waals surface area contributed by atoms with Gasteiger partial charge in [-0.05, 0) is 12.0 Å². The molecule has 13 heavy (non-hydrogen) atoms. The maximum atomic E-state index is 3.55. The van der Waals surface area contributed by atoms with Crippen LogP contribution in [0.2, 0.25) is 0 Å². The molecule has 0 aliphatic rings. The van der Waals surface area contributed by atoms with Crippen LogP contribution in [0.5, 0.6) is 0 Å². The van der Waals surface area contributed by atoms with Crippen molar-refractivity contribution in [1.29, 1.82) is 0 Å². The van der Waals surface area contributed by atoms with Gasteiger partial charge in [0.15, 0.2) is 0 Å². The molecule has 1 N–H and O–H groups in total. The van der Waals surface area contributed by atoms with E-state index in [4.69, 9.17) is 0 Å². The van der Waals surface area contributed by atoms with Gasteiger partial charge in [-0.25, -0.2) is 0 Å². The van der Waals surface area contributed by atoms with Gasteiger partial charge in [-0.2, -0.15) is 0 Å². The van der Waals surface area contributed by atoms with Gasteiger partial charge in [0.25, 0.3) is 0 Å². The van der Waals surface area contributed by atoms with Crippen LogP contribution in [0.4, 0.5) is 0 Å². The summed E-state index contributed by atoms with van der Waals surface area (Å²) in [6.45, 7) is 6.59. The van der Waals surface area contributed by atoms with Gasteiger partial charge in [-0.3, -0.25) is 0 Å². The summed E-state index contributed by atoms with van der Waals surface area (Å²) >= 11 is 0. The van der Waals surface area contributed by atoms with Crippen LogP contribution in [0.3, 0.4) is 0 Å². The molecule has 0 saturated heterocycles. The minimum Gasteiger partial charge on any atom is -0.308 e. The molecule has 0 radical (unpaired) electrons. The lowest BCUT2D eigenvalue weighted by Crippen LogP contribution is -2.27. The molecule has 0 unspecified atom stereocenters. The minimum atomic E-state index is 0.501. The van der Waals surface area contributed by atoms with Crippen LogP contribution in [-0.4, -0.2) is 6.04 Å². The topological polar surface area (TPSA) is 12.0 Å². The van der Waals surface area contributed by atoms with Crippen molar-refractivity contribution in [3.63, 3.8) is 0 Å². The molecular weight excluding hydrogens is 158 g/mol. The van der Waals surface area contributed by atoms with Crippen LogP contribution in [0.25, 0.3) is 0 Å². The molecule has 72 valence electrons. The Balaban J connectivity index is 2.67. The predicted molar refractivity (Wildman–Crippen MR) is 57.7 cm³/mol. The predicted octanol–water partition coefficient (Wildman–Crippen LogP) is 3.14. The first kappa shape index (κ1) is 10.3. The summed E-state index contributed by atoms with van der Waals surface area (Å²) < 4.78 is 0. The Kier molecular flexibility index (Phi) is 3.97. The van der Waals surface area contributed by atoms with E-state index >= 15 is 0 Å². The van der Waals surface area contributed by atoms with Gasteiger partial charge < -0.3 is 5.32 Å². The highest BCUT2D eigenvalue weighted by Crippen LogP contribution is 2.16. The highest BCUT2D eigenvalue weighted by molar-refractivity contribution is 5.18. The van der Waals surface area contributed by atoms with Gasteiger partial charge in [-0.1, -0.05) is 51.1 Å². The normalized spacial score (nSPS) is 13.2. The first-order chi connectivity index (χ1) is 6.24. The first-order valence-corrected chi connectivity index (χ1v) is 5.05. The van der Waals surface area contributed by atoms with Crippen molar-refractivity contribution in [3.8, 4) is 0 Å². The molecule has 1 atom stereocenters. The summed E-state index contributed by atoms with van der Waals surface area (Å²) in [5.74, 6) is 0. The Hall–Kier alpha value is -0.820. The number of rotatable bonds is 4. The molecule has 0 bridgehead atoms. The summed E-state index contributed by atoms with van der Waals surface area (Å²) in [6.07, 6.45) is 1.14. The van der Waals surface area contributed by atoms with Crippen LogP contribution in [0.1, 0.15) is 38.8 Å². The molecule has 1 aromatic carbocycles. The van der Waals surface area contributed by atoms with Gasteiger partial charge in [0.1, 0.15) is 0 Å². The van der Waals surface area contributed by atoms with Crippen molar-refractivity contribution >= 4 is 0 Å². The Morgan fingerprint density at radius 3 is 2.23 bits per heavy atom. The molecule has 1 heteroatoms. The van der Waals surface area contributed by atoms with Gasteiger partial charge >= 0.3 is 0 Å². The van der Waals surface area contributed by atoms with E-state index in [0.29, 0.717) is 12.1 Å². The van der Waals surface area contributed by atoms with Crippen molar-refractivity contribution in [1.82, 2.24) is 5.32 Å². The zero-order valence-corrected chi connectivity index (χ0v) is 8.75. The van der Waals surface area contributed by atoms with Gasteiger partial charge in [0.2, 0.25) is 0 Å². The number of hydrogen-bond acceptors (Lipinski definition) is 1. The third-order valence-electron chi connectivity index (χ3n) is 2.14. The number of benzene rings is 1. The van der Waals surface area contributed by atoms with E-state index < -0.39 is 0 Å². The molecule has 0 fully saturated rings. The average Bonchev–Trinajstić information content (AvgIpc) is 2.15. The molecule has 0 spiro atoms. The molecule has 1 nitrogen and oxygen atoms in total. The molecule has 1 aromatic rings. The highest BCUT2D eigenvalue weighted by atomic mass is 14.9. The fraction of sp³-hybridized carbons (Fsp3) is 0.500. The third kappa shape index (κ3) is 3.19. The van der Waals surface area contributed by atoms with Crippen molar-refractivity contribution in [3.05, 3.63) is 35.9 Å². The molecule has 0 aliphatic carbocycles. The van der Waals surface area contributed by atoms with E-state index in [2.05, 4.69) is 56.4 Å². The number of nitrogens with one attached hydrogen (secondary N) is 1. The molecule has 0 aromatic heterocycles. The Bertz CT molecular complexity index is 228. The fourth-order valence-electron chi connectivity index (χ4n) is 1.54. The van der Waals surface area contributed by atoms with E-state index in [1.54, 1.807) is 0 Å². The van der Waals surface area contributed by atoms with Crippen molar-refractivity contribution in [2.75, 3.05) is 0 Å². The average molecular weight is 177 g/mol. The first-order valence-electron chi connectivity index (χ1n) is 5.05. The van der Waals surface area contributed by atoms with Gasteiger partial charge in [0, 0.05) is 12.1 Å². The lowest BCUT2D eigenvalue weighted by Gasteiger charge is -2.19. The van der Waals surface area contributed by atoms with Crippen LogP contribution in [-0.2, 0) is 0 Å². The monoisotopic (exact) mass is 177 g/mol. The summed E-state index contributed by atoms with van der Waals surface area (Å²) in [4.78, 5) is 0. The van der Waals surface area contributed by atoms with Crippen molar-refractivity contribution < 1.29 is 0 Å². The second-order valence-corrected chi connectivity index (χ2v) is 3.69. The zero-order chi connectivity index (χ0) is 9.68. The summed E-state index contributed by atoms with van der Waals surface area (Å²) in [5, 5.41) is 3.55. The fourth-order valence-corrected chi connectivity index (χ4v) is 1.54. The van der Waals surface area contributed by atoms with E-state index in [1.165, 1.54) is 5.56 Å². The van der Waals surface area contributed by atoms with E-state index in [1.807, 2.05) is 0 Å². The molecule has 0 aliphatic heterocycles. The second-order valence-electron chi connectivity index (χ2n) is 3.69. The molecule has 0 heterocycles. The van der Waals surface area contributed by atoms with Gasteiger partial charge in [0.05, 0.1) is 0 Å². The summed E-state index contributed by atoms with van der Waals surface area (Å²) in [6, 6.07) is 11.7. The lowest BCUT2D eigenvalue weighted by molar-refractivity contribution is 0.466. The van der Waals surface area contributed by atoms with E-state index in [0.717, 1.165) is 6.42 Å². The molecule has 1 rings (SSSR count). The van der Waals surface area contributed by atoms with Crippen LogP contribution in [0, 0.1) is 0 Å². The molecule has 0 saturated carbocycles. The smallest absolute Gasteiger partial charge is 0.0319 e. The SMILES string of the molecule is CC[C@@H](NC(C)C)c1ccccc1. The van der Waals surface area contributed by atoms with Gasteiger partial charge in [-0.15, -0.1) is 0 Å². The quantitative estimate of drug-likeness (QED) is 0.745. The second kappa shape index (κ2) is 5.03. The standard InChI is InChI=1S/C12H19N/c1-4-12(13-10(2)3)11-8-6-5-7-9-11/h5-10,12-13H,4H2,1-3H3/t12-/m1/s1. The third-order valence-corrected chi connectivity index (χ3v) is 2.14. The summed E-state index contributed by atoms with van der Waals surface area (Å²) in [7, 11) is 0. The zero-order valence-electron chi connectivity index (χ0n) is 8.75. The van der Waals surface area contributed by atoms with Crippen LogP contribution < -0.4 is 5.32 Å². The molecular formula is C12H19N. The van der Waals surface area contributed by atoms with Crippen LogP contribution >= 0.6 is 0 Å². The maximum absolute atomic E-state index is 3.55. The van der Waals surface area contributed by atoms with E-state index in [9.17, 15) is 0 Å². The Morgan fingerprint density at radius 2 is 1.77 bits per heavy atom. The largest absolute Gasteiger partial charge is 0.308 e.